The van der Waals surface area contributed by atoms with E-state index in [-0.39, 0.29) is 0 Å². The second-order valence-electron chi connectivity index (χ2n) is 4.33. The molecule has 1 aromatic heterocycles. The Kier molecular flexibility index (Phi) is 5.84. The smallest absolute Gasteiger partial charge is 0.366 e. The first-order valence-electron chi connectivity index (χ1n) is 5.75. The van der Waals surface area contributed by atoms with Crippen molar-refractivity contribution in [3.05, 3.63) is 18.2 Å². The molecule has 0 unspecified atom stereocenters. The fourth-order valence-electron chi connectivity index (χ4n) is 1.54. The van der Waals surface area contributed by atoms with Crippen molar-refractivity contribution in [1.82, 2.24) is 20.4 Å². The molecule has 0 saturated carbocycles. The van der Waals surface area contributed by atoms with Crippen LogP contribution in [0.5, 0.6) is 0 Å². The molecule has 0 saturated heterocycles. The van der Waals surface area contributed by atoms with Crippen LogP contribution in [0.25, 0.3) is 0 Å². The summed E-state index contributed by atoms with van der Waals surface area (Å²) in [5.74, 6) is 0. The van der Waals surface area contributed by atoms with Crippen LogP contribution in [0, 0.1) is 0 Å². The van der Waals surface area contributed by atoms with Crippen molar-refractivity contribution in [3.63, 3.8) is 0 Å². The molecule has 0 bridgehead atoms. The monoisotopic (exact) mass is 344 g/mol. The summed E-state index contributed by atoms with van der Waals surface area (Å²) in [5, 5.41) is 6.28. The van der Waals surface area contributed by atoms with Gasteiger partial charge in [0.25, 0.3) is 5.08 Å². The van der Waals surface area contributed by atoms with Gasteiger partial charge < -0.3 is 29.2 Å². The molecule has 0 aliphatic carbocycles. The van der Waals surface area contributed by atoms with Crippen molar-refractivity contribution in [2.24, 2.45) is 0 Å². The van der Waals surface area contributed by atoms with Gasteiger partial charge in [-0.15, -0.1) is 0 Å². The predicted molar refractivity (Wildman–Crippen MR) is 72.0 cm³/mol. The van der Waals surface area contributed by atoms with Gasteiger partial charge in [0.2, 0.25) is 0 Å². The summed E-state index contributed by atoms with van der Waals surface area (Å²) in [4.78, 5) is 40.0. The Hall–Kier alpha value is -0.610. The second-order valence-corrected chi connectivity index (χ2v) is 8.34. The van der Waals surface area contributed by atoms with E-state index in [0.29, 0.717) is 18.7 Å². The van der Waals surface area contributed by atoms with Gasteiger partial charge in [-0.1, -0.05) is 0 Å². The first-order valence-corrected chi connectivity index (χ1v) is 8.97. The summed E-state index contributed by atoms with van der Waals surface area (Å²) in [6.45, 7) is -0.456. The highest BCUT2D eigenvalue weighted by atomic mass is 31.2. The number of hydrogen-bond donors (Lipinski definition) is 7. The minimum absolute atomic E-state index is 0.470. The number of aromatic nitrogens is 2. The quantitative estimate of drug-likeness (QED) is 0.161. The largest absolute Gasteiger partial charge is 0.371 e. The van der Waals surface area contributed by atoms with Crippen LogP contribution in [0.15, 0.2) is 12.5 Å². The number of nitrogens with zero attached hydrogens (tertiary/aromatic N) is 2. The van der Waals surface area contributed by atoms with Gasteiger partial charge in [0.15, 0.2) is 0 Å². The lowest BCUT2D eigenvalue weighted by Gasteiger charge is -2.29. The lowest BCUT2D eigenvalue weighted by atomic mass is 10.3. The Labute approximate surface area is 120 Å². The third-order valence-electron chi connectivity index (χ3n) is 2.70. The van der Waals surface area contributed by atoms with E-state index in [4.69, 9.17) is 19.6 Å². The summed E-state index contributed by atoms with van der Waals surface area (Å²) in [5.41, 5.74) is 6.02. The van der Waals surface area contributed by atoms with Crippen LogP contribution in [0.1, 0.15) is 5.69 Å². The van der Waals surface area contributed by atoms with Crippen LogP contribution in [-0.4, -0.2) is 52.9 Å². The molecule has 0 spiro atoms. The molecule has 1 aromatic rings. The summed E-state index contributed by atoms with van der Waals surface area (Å²) >= 11 is 0. The molecule has 13 heteroatoms. The predicted octanol–water partition coefficient (Wildman–Crippen LogP) is -1.85. The standard InChI is InChI=1S/C8H18N4O7P2/c1-9-11-3-2-7-4-12(6-10-7)5-8(13,20(14,15)16)21(17,18)19/h4,6,9,11,13H,2-3,5H2,1H3,(H2,14,15,16)(H2,17,18,19). The van der Waals surface area contributed by atoms with Gasteiger partial charge in [-0.2, -0.15) is 0 Å². The SMILES string of the molecule is CNNCCc1cn(CC(O)(P(=O)(O)O)P(=O)(O)O)cn1. The number of aliphatic hydroxyl groups is 1. The Morgan fingerprint density at radius 1 is 1.29 bits per heavy atom. The first-order chi connectivity index (χ1) is 9.51. The van der Waals surface area contributed by atoms with E-state index in [9.17, 15) is 14.2 Å². The van der Waals surface area contributed by atoms with Crippen molar-refractivity contribution in [2.45, 2.75) is 18.0 Å². The molecule has 0 aliphatic rings. The molecule has 21 heavy (non-hydrogen) atoms. The van der Waals surface area contributed by atoms with E-state index in [1.165, 1.54) is 6.20 Å². The van der Waals surface area contributed by atoms with Crippen LogP contribution in [-0.2, 0) is 22.1 Å². The fourth-order valence-corrected chi connectivity index (χ4v) is 3.59. The Morgan fingerprint density at radius 2 is 1.86 bits per heavy atom. The molecular weight excluding hydrogens is 326 g/mol. The molecule has 7 N–H and O–H groups in total. The van der Waals surface area contributed by atoms with Gasteiger partial charge in [-0.25, -0.2) is 4.98 Å². The summed E-state index contributed by atoms with van der Waals surface area (Å²) in [6.07, 6.45) is 2.94. The zero-order valence-corrected chi connectivity index (χ0v) is 12.9. The van der Waals surface area contributed by atoms with Gasteiger partial charge in [0.1, 0.15) is 0 Å². The minimum Gasteiger partial charge on any atom is -0.366 e. The first kappa shape index (κ1) is 18.4. The van der Waals surface area contributed by atoms with Crippen LogP contribution in [0.3, 0.4) is 0 Å². The van der Waals surface area contributed by atoms with E-state index in [1.807, 2.05) is 0 Å². The van der Waals surface area contributed by atoms with E-state index >= 15 is 0 Å². The van der Waals surface area contributed by atoms with Gasteiger partial charge in [0, 0.05) is 19.2 Å². The molecule has 11 nitrogen and oxygen atoms in total. The summed E-state index contributed by atoms with van der Waals surface area (Å²) in [7, 11) is -9.26. The van der Waals surface area contributed by atoms with Crippen LogP contribution < -0.4 is 10.9 Å². The van der Waals surface area contributed by atoms with Crippen LogP contribution in [0.2, 0.25) is 0 Å². The Balaban J connectivity index is 2.92. The van der Waals surface area contributed by atoms with Crippen molar-refractivity contribution in [2.75, 3.05) is 13.6 Å². The highest BCUT2D eigenvalue weighted by molar-refractivity contribution is 7.72. The van der Waals surface area contributed by atoms with Crippen molar-refractivity contribution < 1.29 is 33.8 Å². The molecule has 0 fully saturated rings. The van der Waals surface area contributed by atoms with Crippen LogP contribution in [0.4, 0.5) is 0 Å². The average molecular weight is 344 g/mol. The number of hydrazine groups is 1. The normalized spacial score (nSPS) is 13.6. The molecule has 122 valence electrons. The van der Waals surface area contributed by atoms with E-state index in [0.717, 1.165) is 10.9 Å². The second kappa shape index (κ2) is 6.66. The van der Waals surface area contributed by atoms with Gasteiger partial charge >= 0.3 is 15.2 Å². The maximum Gasteiger partial charge on any atom is 0.371 e. The Morgan fingerprint density at radius 3 is 2.33 bits per heavy atom. The summed E-state index contributed by atoms with van der Waals surface area (Å²) in [6, 6.07) is 0. The molecule has 1 heterocycles. The van der Waals surface area contributed by atoms with Crippen molar-refractivity contribution in [3.8, 4) is 0 Å². The van der Waals surface area contributed by atoms with Crippen molar-refractivity contribution >= 4 is 15.2 Å². The third kappa shape index (κ3) is 4.43. The lowest BCUT2D eigenvalue weighted by Crippen LogP contribution is -2.33. The topological polar surface area (TPSA) is 177 Å². The molecule has 0 aromatic carbocycles. The number of rotatable bonds is 8. The molecular formula is C8H18N4O7P2. The maximum absolute atomic E-state index is 11.2. The van der Waals surface area contributed by atoms with E-state index in [2.05, 4.69) is 15.8 Å². The molecule has 0 aliphatic heterocycles. The van der Waals surface area contributed by atoms with Gasteiger partial charge in [0.05, 0.1) is 18.6 Å². The molecule has 1 rings (SSSR count). The van der Waals surface area contributed by atoms with E-state index in [1.54, 1.807) is 7.05 Å². The lowest BCUT2D eigenvalue weighted by molar-refractivity contribution is 0.115. The molecule has 0 radical (unpaired) electrons. The van der Waals surface area contributed by atoms with Crippen molar-refractivity contribution in [1.29, 1.82) is 0 Å². The third-order valence-corrected chi connectivity index (χ3v) is 6.41. The average Bonchev–Trinajstić information content (AvgIpc) is 2.74. The number of nitrogens with one attached hydrogen (secondary N) is 2. The maximum atomic E-state index is 11.2. The highest BCUT2D eigenvalue weighted by Gasteiger charge is 2.59. The highest BCUT2D eigenvalue weighted by Crippen LogP contribution is 2.67. The minimum atomic E-state index is -5.47. The van der Waals surface area contributed by atoms with E-state index < -0.39 is 26.8 Å². The number of imidazole rings is 1. The van der Waals surface area contributed by atoms with Gasteiger partial charge in [-0.3, -0.25) is 20.0 Å². The number of hydrogen-bond acceptors (Lipinski definition) is 6. The van der Waals surface area contributed by atoms with Gasteiger partial charge in [-0.05, 0) is 7.05 Å². The Bertz CT molecular complexity index is 543. The molecule has 0 atom stereocenters. The summed E-state index contributed by atoms with van der Waals surface area (Å²) < 4.78 is 23.5. The fraction of sp³-hybridized carbons (Fsp3) is 0.625. The van der Waals surface area contributed by atoms with Crippen LogP contribution >= 0.6 is 15.2 Å². The zero-order valence-electron chi connectivity index (χ0n) is 11.1. The molecule has 0 amide bonds. The zero-order chi connectivity index (χ0) is 16.3.